The summed E-state index contributed by atoms with van der Waals surface area (Å²) in [7, 11) is 0. The molecule has 0 unspecified atom stereocenters. The lowest BCUT2D eigenvalue weighted by Crippen LogP contribution is -2.25. The number of halogens is 1. The maximum absolute atomic E-state index is 13.3. The van der Waals surface area contributed by atoms with Crippen LogP contribution in [0.2, 0.25) is 0 Å². The van der Waals surface area contributed by atoms with E-state index in [0.29, 0.717) is 23.1 Å². The summed E-state index contributed by atoms with van der Waals surface area (Å²) in [6.07, 6.45) is 0. The van der Waals surface area contributed by atoms with Gasteiger partial charge in [-0.05, 0) is 36.6 Å². The van der Waals surface area contributed by atoms with Crippen LogP contribution in [0.5, 0.6) is 0 Å². The highest BCUT2D eigenvalue weighted by molar-refractivity contribution is 7.98. The number of amides is 1. The average Bonchev–Trinajstić information content (AvgIpc) is 3.16. The first-order valence-corrected chi connectivity index (χ1v) is 9.25. The number of hydrogen-bond acceptors (Lipinski definition) is 4. The van der Waals surface area contributed by atoms with Crippen LogP contribution in [-0.2, 0) is 5.75 Å². The van der Waals surface area contributed by atoms with E-state index in [2.05, 4.69) is 16.8 Å². The number of thioether (sulfide) groups is 1. The summed E-state index contributed by atoms with van der Waals surface area (Å²) in [5.74, 6) is 1.46. The first-order chi connectivity index (χ1) is 11.1. The molecule has 3 aromatic rings. The minimum Gasteiger partial charge on any atom is -0.451 e. The van der Waals surface area contributed by atoms with Gasteiger partial charge in [-0.25, -0.2) is 4.39 Å². The van der Waals surface area contributed by atoms with Crippen LogP contribution in [-0.4, -0.2) is 18.2 Å². The van der Waals surface area contributed by atoms with Gasteiger partial charge in [0.15, 0.2) is 5.76 Å². The second-order valence-corrected chi connectivity index (χ2v) is 7.22. The van der Waals surface area contributed by atoms with Crippen molar-refractivity contribution in [2.45, 2.75) is 12.7 Å². The van der Waals surface area contributed by atoms with Gasteiger partial charge < -0.3 is 9.73 Å². The fourth-order valence-corrected chi connectivity index (χ4v) is 3.99. The first kappa shape index (κ1) is 16.1. The minimum absolute atomic E-state index is 0.254. The van der Waals surface area contributed by atoms with E-state index in [1.807, 2.05) is 6.07 Å². The van der Waals surface area contributed by atoms with Crippen molar-refractivity contribution in [3.05, 3.63) is 57.7 Å². The SMILES string of the molecule is Cc1c(C(=O)NCCSCc2cccs2)oc2ccc(F)cc12. The molecule has 3 rings (SSSR count). The summed E-state index contributed by atoms with van der Waals surface area (Å²) >= 11 is 3.51. The molecule has 6 heteroatoms. The molecule has 0 radical (unpaired) electrons. The highest BCUT2D eigenvalue weighted by Gasteiger charge is 2.17. The molecule has 1 amide bonds. The Hall–Kier alpha value is -1.79. The number of thiophene rings is 1. The molecule has 0 aliphatic heterocycles. The van der Waals surface area contributed by atoms with Crippen molar-refractivity contribution < 1.29 is 13.6 Å². The van der Waals surface area contributed by atoms with Crippen molar-refractivity contribution >= 4 is 40.0 Å². The zero-order chi connectivity index (χ0) is 16.2. The molecule has 0 aliphatic rings. The van der Waals surface area contributed by atoms with Gasteiger partial charge in [0.25, 0.3) is 5.91 Å². The van der Waals surface area contributed by atoms with Crippen molar-refractivity contribution in [1.29, 1.82) is 0 Å². The quantitative estimate of drug-likeness (QED) is 0.661. The molecule has 23 heavy (non-hydrogen) atoms. The van der Waals surface area contributed by atoms with E-state index in [1.165, 1.54) is 17.0 Å². The standard InChI is InChI=1S/C17H16FNO2S2/c1-11-14-9-12(18)4-5-15(14)21-16(11)17(20)19-6-8-22-10-13-3-2-7-23-13/h2-5,7,9H,6,8,10H2,1H3,(H,19,20). The number of furan rings is 1. The van der Waals surface area contributed by atoms with Crippen molar-refractivity contribution in [3.63, 3.8) is 0 Å². The number of rotatable bonds is 6. The summed E-state index contributed by atoms with van der Waals surface area (Å²) < 4.78 is 18.8. The summed E-state index contributed by atoms with van der Waals surface area (Å²) in [4.78, 5) is 13.5. The predicted octanol–water partition coefficient (Wildman–Crippen LogP) is 4.61. The van der Waals surface area contributed by atoms with E-state index in [0.717, 1.165) is 11.5 Å². The lowest BCUT2D eigenvalue weighted by Gasteiger charge is -2.03. The topological polar surface area (TPSA) is 42.2 Å². The zero-order valence-corrected chi connectivity index (χ0v) is 14.2. The predicted molar refractivity (Wildman–Crippen MR) is 93.7 cm³/mol. The van der Waals surface area contributed by atoms with E-state index < -0.39 is 0 Å². The first-order valence-electron chi connectivity index (χ1n) is 7.22. The van der Waals surface area contributed by atoms with E-state index in [4.69, 9.17) is 4.42 Å². The highest BCUT2D eigenvalue weighted by Crippen LogP contribution is 2.26. The molecule has 0 fully saturated rings. The van der Waals surface area contributed by atoms with Crippen LogP contribution in [0.25, 0.3) is 11.0 Å². The van der Waals surface area contributed by atoms with Crippen LogP contribution in [0.1, 0.15) is 21.0 Å². The zero-order valence-electron chi connectivity index (χ0n) is 12.6. The Bertz CT molecular complexity index is 811. The maximum Gasteiger partial charge on any atom is 0.287 e. The molecule has 0 spiro atoms. The molecular formula is C17H16FNO2S2. The Morgan fingerprint density at radius 3 is 3.04 bits per heavy atom. The molecule has 0 atom stereocenters. The minimum atomic E-state index is -0.335. The van der Waals surface area contributed by atoms with E-state index in [1.54, 1.807) is 36.1 Å². The largest absolute Gasteiger partial charge is 0.451 e. The van der Waals surface area contributed by atoms with Crippen molar-refractivity contribution in [2.24, 2.45) is 0 Å². The molecule has 0 bridgehead atoms. The Morgan fingerprint density at radius 1 is 1.39 bits per heavy atom. The molecule has 120 valence electrons. The number of carbonyl (C=O) groups excluding carboxylic acids is 1. The molecule has 0 saturated heterocycles. The number of aryl methyl sites for hydroxylation is 1. The smallest absolute Gasteiger partial charge is 0.287 e. The number of nitrogens with one attached hydrogen (secondary N) is 1. The van der Waals surface area contributed by atoms with Crippen molar-refractivity contribution in [2.75, 3.05) is 12.3 Å². The molecule has 1 aromatic carbocycles. The summed E-state index contributed by atoms with van der Waals surface area (Å²) in [6, 6.07) is 8.41. The fraction of sp³-hybridized carbons (Fsp3) is 0.235. The van der Waals surface area contributed by atoms with Crippen LogP contribution in [0.3, 0.4) is 0 Å². The van der Waals surface area contributed by atoms with Crippen molar-refractivity contribution in [3.8, 4) is 0 Å². The van der Waals surface area contributed by atoms with Crippen molar-refractivity contribution in [1.82, 2.24) is 5.32 Å². The number of fused-ring (bicyclic) bond motifs is 1. The fourth-order valence-electron chi connectivity index (χ4n) is 2.29. The molecule has 3 nitrogen and oxygen atoms in total. The Morgan fingerprint density at radius 2 is 2.26 bits per heavy atom. The third kappa shape index (κ3) is 3.76. The summed E-state index contributed by atoms with van der Waals surface area (Å²) in [5.41, 5.74) is 1.20. The second-order valence-electron chi connectivity index (χ2n) is 5.08. The monoisotopic (exact) mass is 349 g/mol. The number of benzene rings is 1. The molecule has 2 heterocycles. The Labute approximate surface area is 141 Å². The van der Waals surface area contributed by atoms with Gasteiger partial charge in [-0.3, -0.25) is 4.79 Å². The van der Waals surface area contributed by atoms with Crippen LogP contribution < -0.4 is 5.32 Å². The number of hydrogen-bond donors (Lipinski definition) is 1. The van der Waals surface area contributed by atoms with Gasteiger partial charge in [-0.15, -0.1) is 11.3 Å². The normalized spacial score (nSPS) is 11.0. The Kier molecular flexibility index (Phi) is 5.03. The van der Waals surface area contributed by atoms with Crippen LogP contribution >= 0.6 is 23.1 Å². The Balaban J connectivity index is 1.55. The van der Waals surface area contributed by atoms with E-state index in [9.17, 15) is 9.18 Å². The molecule has 1 N–H and O–H groups in total. The lowest BCUT2D eigenvalue weighted by molar-refractivity contribution is 0.0930. The van der Waals surface area contributed by atoms with Gasteiger partial charge >= 0.3 is 0 Å². The lowest BCUT2D eigenvalue weighted by atomic mass is 10.1. The maximum atomic E-state index is 13.3. The van der Waals surface area contributed by atoms with Crippen LogP contribution in [0, 0.1) is 12.7 Å². The summed E-state index contributed by atoms with van der Waals surface area (Å²) in [5, 5.41) is 5.55. The average molecular weight is 349 g/mol. The molecule has 0 aliphatic carbocycles. The third-order valence-corrected chi connectivity index (χ3v) is 5.53. The van der Waals surface area contributed by atoms with Gasteiger partial charge in [0.1, 0.15) is 11.4 Å². The van der Waals surface area contributed by atoms with Gasteiger partial charge in [-0.1, -0.05) is 6.07 Å². The molecular weight excluding hydrogens is 333 g/mol. The van der Waals surface area contributed by atoms with Crippen LogP contribution in [0.4, 0.5) is 4.39 Å². The molecule has 0 saturated carbocycles. The second kappa shape index (κ2) is 7.19. The van der Waals surface area contributed by atoms with E-state index >= 15 is 0 Å². The molecule has 2 aromatic heterocycles. The summed E-state index contributed by atoms with van der Waals surface area (Å²) in [6.45, 7) is 2.34. The van der Waals surface area contributed by atoms with Crippen LogP contribution in [0.15, 0.2) is 40.1 Å². The van der Waals surface area contributed by atoms with Gasteiger partial charge in [0.05, 0.1) is 0 Å². The van der Waals surface area contributed by atoms with Gasteiger partial charge in [-0.2, -0.15) is 11.8 Å². The van der Waals surface area contributed by atoms with E-state index in [-0.39, 0.29) is 17.5 Å². The third-order valence-electron chi connectivity index (χ3n) is 3.46. The number of carbonyl (C=O) groups is 1. The van der Waals surface area contributed by atoms with Gasteiger partial charge in [0.2, 0.25) is 0 Å². The van der Waals surface area contributed by atoms with Gasteiger partial charge in [0, 0.05) is 33.9 Å². The highest BCUT2D eigenvalue weighted by atomic mass is 32.2.